The Hall–Kier alpha value is -2.18. The average molecular weight is 243 g/mol. The van der Waals surface area contributed by atoms with Crippen LogP contribution in [-0.4, -0.2) is 18.0 Å². The lowest BCUT2D eigenvalue weighted by atomic mass is 10.2. The minimum Gasteiger partial charge on any atom is -0.374 e. The number of nitrogens with two attached hydrogens (primary N) is 1. The van der Waals surface area contributed by atoms with Crippen LogP contribution < -0.4 is 16.4 Å². The molecular weight excluding hydrogens is 232 g/mol. The van der Waals surface area contributed by atoms with Crippen LogP contribution in [0.25, 0.3) is 0 Å². The number of hydrogen-bond acceptors (Lipinski definition) is 3. The highest BCUT2D eigenvalue weighted by molar-refractivity contribution is 5.97. The molecule has 92 valence electrons. The van der Waals surface area contributed by atoms with E-state index in [0.717, 1.165) is 12.1 Å². The van der Waals surface area contributed by atoms with Crippen LogP contribution in [0.1, 0.15) is 6.92 Å². The molecule has 0 saturated carbocycles. The summed E-state index contributed by atoms with van der Waals surface area (Å²) in [5.41, 5.74) is 4.85. The smallest absolute Gasteiger partial charge is 0.318 e. The third-order valence-corrected chi connectivity index (χ3v) is 1.89. The molecule has 0 radical (unpaired) electrons. The summed E-state index contributed by atoms with van der Waals surface area (Å²) in [6.45, 7) is 1.42. The number of imide groups is 1. The van der Waals surface area contributed by atoms with E-state index in [1.54, 1.807) is 0 Å². The molecule has 0 fully saturated rings. The molecule has 0 spiro atoms. The standard InChI is InChI=1S/C10H11F2N3O2/c1-5(9(16)15-10(13)17)14-8-3-6(11)2-7(12)4-8/h2-5,14H,1H3,(H3,13,15,16,17). The third-order valence-electron chi connectivity index (χ3n) is 1.89. The van der Waals surface area contributed by atoms with Crippen LogP contribution in [0.2, 0.25) is 0 Å². The zero-order chi connectivity index (χ0) is 13.0. The number of rotatable bonds is 3. The highest BCUT2D eigenvalue weighted by Crippen LogP contribution is 2.13. The number of benzene rings is 1. The summed E-state index contributed by atoms with van der Waals surface area (Å²) in [6.07, 6.45) is 0. The first kappa shape index (κ1) is 12.9. The quantitative estimate of drug-likeness (QED) is 0.739. The molecule has 3 amide bonds. The van der Waals surface area contributed by atoms with Gasteiger partial charge in [0.1, 0.15) is 17.7 Å². The second-order valence-electron chi connectivity index (χ2n) is 3.38. The van der Waals surface area contributed by atoms with Crippen LogP contribution in [0.5, 0.6) is 0 Å². The maximum Gasteiger partial charge on any atom is 0.318 e. The van der Waals surface area contributed by atoms with E-state index in [1.165, 1.54) is 6.92 Å². The third kappa shape index (κ3) is 4.06. The van der Waals surface area contributed by atoms with Crippen molar-refractivity contribution >= 4 is 17.6 Å². The molecule has 4 N–H and O–H groups in total. The van der Waals surface area contributed by atoms with E-state index in [4.69, 9.17) is 5.73 Å². The summed E-state index contributed by atoms with van der Waals surface area (Å²) in [4.78, 5) is 21.7. The topological polar surface area (TPSA) is 84.2 Å². The number of hydrogen-bond donors (Lipinski definition) is 3. The molecule has 0 aromatic heterocycles. The first-order valence-electron chi connectivity index (χ1n) is 4.71. The first-order chi connectivity index (χ1) is 7.88. The first-order valence-corrected chi connectivity index (χ1v) is 4.71. The Kier molecular flexibility index (Phi) is 3.97. The van der Waals surface area contributed by atoms with Gasteiger partial charge in [-0.1, -0.05) is 0 Å². The monoisotopic (exact) mass is 243 g/mol. The molecule has 0 heterocycles. The van der Waals surface area contributed by atoms with Crippen molar-refractivity contribution in [3.05, 3.63) is 29.8 Å². The second kappa shape index (κ2) is 5.24. The Morgan fingerprint density at radius 3 is 2.24 bits per heavy atom. The lowest BCUT2D eigenvalue weighted by Gasteiger charge is -2.13. The van der Waals surface area contributed by atoms with Gasteiger partial charge in [-0.15, -0.1) is 0 Å². The predicted octanol–water partition coefficient (Wildman–Crippen LogP) is 0.960. The minimum absolute atomic E-state index is 0.0922. The average Bonchev–Trinajstić information content (AvgIpc) is 2.14. The Balaban J connectivity index is 2.70. The molecule has 0 aliphatic rings. The van der Waals surface area contributed by atoms with Crippen molar-refractivity contribution in [1.82, 2.24) is 5.32 Å². The number of nitrogens with one attached hydrogen (secondary N) is 2. The van der Waals surface area contributed by atoms with Gasteiger partial charge in [0.15, 0.2) is 0 Å². The van der Waals surface area contributed by atoms with Gasteiger partial charge in [0.2, 0.25) is 5.91 Å². The van der Waals surface area contributed by atoms with Gasteiger partial charge in [0, 0.05) is 11.8 Å². The summed E-state index contributed by atoms with van der Waals surface area (Å²) in [5, 5.41) is 4.37. The Bertz CT molecular complexity index is 431. The van der Waals surface area contributed by atoms with Crippen molar-refractivity contribution in [2.24, 2.45) is 5.73 Å². The van der Waals surface area contributed by atoms with Gasteiger partial charge in [0.25, 0.3) is 0 Å². The van der Waals surface area contributed by atoms with E-state index in [9.17, 15) is 18.4 Å². The maximum absolute atomic E-state index is 12.8. The largest absolute Gasteiger partial charge is 0.374 e. The lowest BCUT2D eigenvalue weighted by Crippen LogP contribution is -2.43. The number of urea groups is 1. The summed E-state index contributed by atoms with van der Waals surface area (Å²) in [5.74, 6) is -2.23. The molecular formula is C10H11F2N3O2. The maximum atomic E-state index is 12.8. The fraction of sp³-hybridized carbons (Fsp3) is 0.200. The molecule has 0 aliphatic heterocycles. The van der Waals surface area contributed by atoms with Gasteiger partial charge >= 0.3 is 6.03 Å². The Labute approximate surface area is 96.0 Å². The molecule has 7 heteroatoms. The minimum atomic E-state index is -0.992. The van der Waals surface area contributed by atoms with E-state index >= 15 is 0 Å². The van der Waals surface area contributed by atoms with Gasteiger partial charge in [-0.2, -0.15) is 0 Å². The molecule has 5 nitrogen and oxygen atoms in total. The van der Waals surface area contributed by atoms with E-state index in [1.807, 2.05) is 5.32 Å². The van der Waals surface area contributed by atoms with Crippen LogP contribution in [-0.2, 0) is 4.79 Å². The van der Waals surface area contributed by atoms with Crippen molar-refractivity contribution in [2.75, 3.05) is 5.32 Å². The van der Waals surface area contributed by atoms with E-state index in [2.05, 4.69) is 5.32 Å². The number of halogens is 2. The Morgan fingerprint density at radius 1 is 1.24 bits per heavy atom. The highest BCUT2D eigenvalue weighted by atomic mass is 19.1. The zero-order valence-electron chi connectivity index (χ0n) is 8.96. The molecule has 1 aromatic rings. The van der Waals surface area contributed by atoms with Crippen LogP contribution >= 0.6 is 0 Å². The molecule has 1 aromatic carbocycles. The van der Waals surface area contributed by atoms with Gasteiger partial charge in [-0.05, 0) is 19.1 Å². The van der Waals surface area contributed by atoms with Crippen molar-refractivity contribution in [1.29, 1.82) is 0 Å². The van der Waals surface area contributed by atoms with E-state index in [0.29, 0.717) is 6.07 Å². The van der Waals surface area contributed by atoms with Gasteiger partial charge in [-0.3, -0.25) is 10.1 Å². The summed E-state index contributed by atoms with van der Waals surface area (Å²) < 4.78 is 25.7. The van der Waals surface area contributed by atoms with Crippen molar-refractivity contribution in [3.63, 3.8) is 0 Å². The van der Waals surface area contributed by atoms with Gasteiger partial charge in [0.05, 0.1) is 0 Å². The van der Waals surface area contributed by atoms with Crippen LogP contribution in [0.4, 0.5) is 19.3 Å². The predicted molar refractivity (Wildman–Crippen MR) is 57.2 cm³/mol. The molecule has 0 aliphatic carbocycles. The van der Waals surface area contributed by atoms with Gasteiger partial charge < -0.3 is 11.1 Å². The van der Waals surface area contributed by atoms with Gasteiger partial charge in [-0.25, -0.2) is 13.6 Å². The molecule has 0 bridgehead atoms. The van der Waals surface area contributed by atoms with Crippen molar-refractivity contribution in [3.8, 4) is 0 Å². The fourth-order valence-corrected chi connectivity index (χ4v) is 1.18. The summed E-state index contributed by atoms with van der Waals surface area (Å²) >= 11 is 0. The Morgan fingerprint density at radius 2 is 1.76 bits per heavy atom. The van der Waals surface area contributed by atoms with Crippen LogP contribution in [0.15, 0.2) is 18.2 Å². The van der Waals surface area contributed by atoms with Crippen molar-refractivity contribution < 1.29 is 18.4 Å². The number of carbonyl (C=O) groups excluding carboxylic acids is 2. The molecule has 0 saturated heterocycles. The van der Waals surface area contributed by atoms with E-state index in [-0.39, 0.29) is 5.69 Å². The molecule has 1 atom stereocenters. The number of amides is 3. The SMILES string of the molecule is CC(Nc1cc(F)cc(F)c1)C(=O)NC(N)=O. The molecule has 1 rings (SSSR count). The zero-order valence-corrected chi connectivity index (χ0v) is 8.96. The molecule has 1 unspecified atom stereocenters. The second-order valence-corrected chi connectivity index (χ2v) is 3.38. The fourth-order valence-electron chi connectivity index (χ4n) is 1.18. The normalized spacial score (nSPS) is 11.7. The number of primary amides is 1. The summed E-state index contributed by atoms with van der Waals surface area (Å²) in [6, 6.07) is 0.908. The van der Waals surface area contributed by atoms with Crippen molar-refractivity contribution in [2.45, 2.75) is 13.0 Å². The van der Waals surface area contributed by atoms with Crippen LogP contribution in [0.3, 0.4) is 0 Å². The summed E-state index contributed by atoms with van der Waals surface area (Å²) in [7, 11) is 0. The molecule has 17 heavy (non-hydrogen) atoms. The van der Waals surface area contributed by atoms with E-state index < -0.39 is 29.6 Å². The number of carbonyl (C=O) groups is 2. The lowest BCUT2D eigenvalue weighted by molar-refractivity contribution is -0.120. The number of anilines is 1. The highest BCUT2D eigenvalue weighted by Gasteiger charge is 2.14. The van der Waals surface area contributed by atoms with Crippen LogP contribution in [0, 0.1) is 11.6 Å².